The van der Waals surface area contributed by atoms with Gasteiger partial charge in [0.1, 0.15) is 12.1 Å². The lowest BCUT2D eigenvalue weighted by atomic mass is 10.2. The second-order valence-corrected chi connectivity index (χ2v) is 3.56. The molecule has 0 unspecified atom stereocenters. The molecule has 1 heterocycles. The maximum absolute atomic E-state index is 11.0. The molecule has 0 bridgehead atoms. The molecule has 0 spiro atoms. The molecule has 0 saturated carbocycles. The van der Waals surface area contributed by atoms with Crippen LogP contribution >= 0.6 is 0 Å². The number of pyridine rings is 1. The highest BCUT2D eigenvalue weighted by atomic mass is 16.1. The Bertz CT molecular complexity index is 334. The first-order valence-corrected chi connectivity index (χ1v) is 4.94. The molecule has 0 fully saturated rings. The first-order chi connectivity index (χ1) is 6.63. The van der Waals surface area contributed by atoms with Crippen molar-refractivity contribution in [2.75, 3.05) is 0 Å². The minimum atomic E-state index is -0.362. The van der Waals surface area contributed by atoms with Gasteiger partial charge in [0.15, 0.2) is 12.4 Å². The number of nitrogens with two attached hydrogens (primary N) is 1. The van der Waals surface area contributed by atoms with E-state index in [1.54, 1.807) is 0 Å². The number of carbonyl (C=O) groups excluding carboxylic acids is 1. The molecule has 0 aliphatic carbocycles. The lowest BCUT2D eigenvalue weighted by molar-refractivity contribution is -0.697. The second kappa shape index (κ2) is 4.74. The van der Waals surface area contributed by atoms with Crippen molar-refractivity contribution in [2.24, 2.45) is 5.73 Å². The van der Waals surface area contributed by atoms with Gasteiger partial charge >= 0.3 is 0 Å². The van der Waals surface area contributed by atoms with E-state index < -0.39 is 0 Å². The van der Waals surface area contributed by atoms with Crippen molar-refractivity contribution < 1.29 is 9.36 Å². The maximum Gasteiger partial charge on any atom is 0.254 e. The minimum Gasteiger partial charge on any atom is -0.365 e. The topological polar surface area (TPSA) is 47.0 Å². The molecule has 3 nitrogen and oxygen atoms in total. The summed E-state index contributed by atoms with van der Waals surface area (Å²) in [6.45, 7) is 5.05. The van der Waals surface area contributed by atoms with E-state index in [0.29, 0.717) is 5.56 Å². The lowest BCUT2D eigenvalue weighted by Gasteiger charge is -1.99. The third-order valence-corrected chi connectivity index (χ3v) is 2.11. The summed E-state index contributed by atoms with van der Waals surface area (Å²) < 4.78 is 2.03. The number of nitrogens with zero attached hydrogens (tertiary/aromatic N) is 1. The smallest absolute Gasteiger partial charge is 0.254 e. The monoisotopic (exact) mass is 193 g/mol. The van der Waals surface area contributed by atoms with Gasteiger partial charge in [-0.2, -0.15) is 0 Å². The molecular weight excluding hydrogens is 176 g/mol. The molecule has 1 aromatic rings. The normalized spacial score (nSPS) is 10.1. The van der Waals surface area contributed by atoms with Crippen LogP contribution in [0.5, 0.6) is 0 Å². The third-order valence-electron chi connectivity index (χ3n) is 2.11. The average Bonchev–Trinajstić information content (AvgIpc) is 2.14. The van der Waals surface area contributed by atoms with Gasteiger partial charge < -0.3 is 5.73 Å². The minimum absolute atomic E-state index is 0.362. The van der Waals surface area contributed by atoms with Crippen LogP contribution in [-0.4, -0.2) is 5.91 Å². The summed E-state index contributed by atoms with van der Waals surface area (Å²) in [5.74, 6) is -0.362. The van der Waals surface area contributed by atoms with Crippen LogP contribution in [0, 0.1) is 6.92 Å². The summed E-state index contributed by atoms with van der Waals surface area (Å²) in [6.07, 6.45) is 6.10. The molecule has 0 aliphatic heterocycles. The predicted octanol–water partition coefficient (Wildman–Crippen LogP) is 1.18. The van der Waals surface area contributed by atoms with Crippen LogP contribution in [0.3, 0.4) is 0 Å². The zero-order valence-corrected chi connectivity index (χ0v) is 8.79. The van der Waals surface area contributed by atoms with Crippen LogP contribution in [0.15, 0.2) is 18.5 Å². The van der Waals surface area contributed by atoms with Gasteiger partial charge in [-0.1, -0.05) is 13.3 Å². The molecule has 1 rings (SSSR count). The van der Waals surface area contributed by atoms with Crippen molar-refractivity contribution in [1.82, 2.24) is 0 Å². The first-order valence-electron chi connectivity index (χ1n) is 4.94. The Kier molecular flexibility index (Phi) is 3.63. The Labute approximate surface area is 84.6 Å². The van der Waals surface area contributed by atoms with Crippen LogP contribution in [0.4, 0.5) is 0 Å². The highest BCUT2D eigenvalue weighted by Crippen LogP contribution is 1.99. The summed E-state index contributed by atoms with van der Waals surface area (Å²) in [6, 6.07) is 1.81. The number of aromatic nitrogens is 1. The summed E-state index contributed by atoms with van der Waals surface area (Å²) in [5.41, 5.74) is 6.88. The van der Waals surface area contributed by atoms with E-state index in [1.165, 1.54) is 0 Å². The fourth-order valence-corrected chi connectivity index (χ4v) is 1.40. The van der Waals surface area contributed by atoms with Gasteiger partial charge in [0.05, 0.1) is 0 Å². The van der Waals surface area contributed by atoms with Crippen molar-refractivity contribution in [3.8, 4) is 0 Å². The molecule has 1 aromatic heterocycles. The fourth-order valence-electron chi connectivity index (χ4n) is 1.40. The molecule has 1 amide bonds. The van der Waals surface area contributed by atoms with E-state index in [-0.39, 0.29) is 5.91 Å². The first kappa shape index (κ1) is 10.7. The zero-order valence-electron chi connectivity index (χ0n) is 8.79. The van der Waals surface area contributed by atoms with Crippen molar-refractivity contribution >= 4 is 5.91 Å². The highest BCUT2D eigenvalue weighted by Gasteiger charge is 2.08. The Morgan fingerprint density at radius 1 is 1.50 bits per heavy atom. The van der Waals surface area contributed by atoms with Gasteiger partial charge in [-0.25, -0.2) is 4.57 Å². The van der Waals surface area contributed by atoms with Gasteiger partial charge in [0.25, 0.3) is 5.91 Å². The zero-order chi connectivity index (χ0) is 10.6. The van der Waals surface area contributed by atoms with E-state index in [1.807, 2.05) is 30.0 Å². The summed E-state index contributed by atoms with van der Waals surface area (Å²) >= 11 is 0. The van der Waals surface area contributed by atoms with Gasteiger partial charge in [0, 0.05) is 12.0 Å². The number of primary amides is 1. The largest absolute Gasteiger partial charge is 0.365 e. The van der Waals surface area contributed by atoms with Crippen molar-refractivity contribution in [3.05, 3.63) is 29.6 Å². The molecule has 0 radical (unpaired) electrons. The van der Waals surface area contributed by atoms with E-state index in [0.717, 1.165) is 24.9 Å². The number of hydrogen-bond donors (Lipinski definition) is 1. The van der Waals surface area contributed by atoms with E-state index in [9.17, 15) is 4.79 Å². The van der Waals surface area contributed by atoms with Crippen molar-refractivity contribution in [1.29, 1.82) is 0 Å². The van der Waals surface area contributed by atoms with Crippen molar-refractivity contribution in [3.63, 3.8) is 0 Å². The Hall–Kier alpha value is -1.38. The van der Waals surface area contributed by atoms with Crippen LogP contribution < -0.4 is 10.3 Å². The Balaban J connectivity index is 2.89. The summed E-state index contributed by atoms with van der Waals surface area (Å²) in [4.78, 5) is 11.0. The Morgan fingerprint density at radius 2 is 2.21 bits per heavy atom. The summed E-state index contributed by atoms with van der Waals surface area (Å²) in [5, 5.41) is 0. The number of aryl methyl sites for hydroxylation is 2. The molecule has 3 heteroatoms. The van der Waals surface area contributed by atoms with E-state index >= 15 is 0 Å². The van der Waals surface area contributed by atoms with E-state index in [4.69, 9.17) is 5.73 Å². The molecular formula is C11H17N2O+. The fraction of sp³-hybridized carbons (Fsp3) is 0.455. The lowest BCUT2D eigenvalue weighted by Crippen LogP contribution is -2.35. The second-order valence-electron chi connectivity index (χ2n) is 3.56. The summed E-state index contributed by atoms with van der Waals surface area (Å²) in [7, 11) is 0. The molecule has 0 saturated heterocycles. The van der Waals surface area contributed by atoms with Crippen LogP contribution in [0.1, 0.15) is 35.7 Å². The molecule has 0 aliphatic rings. The quantitative estimate of drug-likeness (QED) is 0.717. The average molecular weight is 193 g/mol. The molecule has 0 aromatic carbocycles. The molecule has 2 N–H and O–H groups in total. The number of hydrogen-bond acceptors (Lipinski definition) is 1. The van der Waals surface area contributed by atoms with Gasteiger partial charge in [0.2, 0.25) is 0 Å². The number of unbranched alkanes of at least 4 members (excludes halogenated alkanes) is 1. The number of rotatable bonds is 4. The molecule has 0 atom stereocenters. The number of carbonyl (C=O) groups is 1. The standard InChI is InChI=1S/C11H16N2O/c1-3-4-5-13-7-9(2)6-10(8-13)11(12)14/h6-8H,3-5H2,1-2H3,(H-,12,14)/p+1. The molecule has 14 heavy (non-hydrogen) atoms. The van der Waals surface area contributed by atoms with Crippen LogP contribution in [0.2, 0.25) is 0 Å². The van der Waals surface area contributed by atoms with Crippen LogP contribution in [0.25, 0.3) is 0 Å². The maximum atomic E-state index is 11.0. The van der Waals surface area contributed by atoms with Gasteiger partial charge in [-0.15, -0.1) is 0 Å². The van der Waals surface area contributed by atoms with Gasteiger partial charge in [-0.3, -0.25) is 4.79 Å². The third kappa shape index (κ3) is 2.83. The van der Waals surface area contributed by atoms with Gasteiger partial charge in [-0.05, 0) is 13.0 Å². The highest BCUT2D eigenvalue weighted by molar-refractivity contribution is 5.92. The predicted molar refractivity (Wildman–Crippen MR) is 54.8 cm³/mol. The van der Waals surface area contributed by atoms with Crippen LogP contribution in [-0.2, 0) is 6.54 Å². The SMILES string of the molecule is CCCC[n+]1cc(C)cc(C(N)=O)c1. The molecule has 76 valence electrons. The Morgan fingerprint density at radius 3 is 2.79 bits per heavy atom. The van der Waals surface area contributed by atoms with E-state index in [2.05, 4.69) is 6.92 Å². The number of amides is 1. The van der Waals surface area contributed by atoms with Crippen molar-refractivity contribution in [2.45, 2.75) is 33.2 Å².